The lowest BCUT2D eigenvalue weighted by molar-refractivity contribution is -0.0223. The Hall–Kier alpha value is -2.36. The molecule has 140 valence electrons. The molecule has 1 aliphatic rings. The first kappa shape index (κ1) is 20.0. The summed E-state index contributed by atoms with van der Waals surface area (Å²) in [6.07, 6.45) is -0.610. The molecule has 0 spiro atoms. The molecule has 1 N–H and O–H groups in total. The van der Waals surface area contributed by atoms with Crippen molar-refractivity contribution in [2.75, 3.05) is 18.0 Å². The van der Waals surface area contributed by atoms with Crippen molar-refractivity contribution >= 4 is 35.1 Å². The topological polar surface area (TPSA) is 79.1 Å². The van der Waals surface area contributed by atoms with Crippen LogP contribution in [0.2, 0.25) is 0 Å². The highest BCUT2D eigenvalue weighted by Gasteiger charge is 2.35. The second-order valence-corrected chi connectivity index (χ2v) is 6.09. The summed E-state index contributed by atoms with van der Waals surface area (Å²) in [4.78, 5) is 18.6. The van der Waals surface area contributed by atoms with Gasteiger partial charge in [0.25, 0.3) is 11.5 Å². The molecule has 0 bridgehead atoms. The van der Waals surface area contributed by atoms with Gasteiger partial charge < -0.3 is 10.3 Å². The van der Waals surface area contributed by atoms with Gasteiger partial charge in [-0.1, -0.05) is 0 Å². The molecule has 1 aromatic carbocycles. The van der Waals surface area contributed by atoms with E-state index in [0.29, 0.717) is 0 Å². The van der Waals surface area contributed by atoms with Crippen LogP contribution in [0.5, 0.6) is 0 Å². The van der Waals surface area contributed by atoms with Gasteiger partial charge in [-0.15, -0.1) is 0 Å². The number of fused-ring (bicyclic) bond motifs is 1. The Kier molecular flexibility index (Phi) is 5.74. The monoisotopic (exact) mass is 386 g/mol. The molecule has 2 heterocycles. The molecule has 1 aliphatic heterocycles. The Balaban J connectivity index is 0.00000117. The van der Waals surface area contributed by atoms with Crippen molar-refractivity contribution in [3.8, 4) is 0 Å². The van der Waals surface area contributed by atoms with Crippen molar-refractivity contribution in [2.24, 2.45) is 7.05 Å². The van der Waals surface area contributed by atoms with Gasteiger partial charge in [0.15, 0.2) is 12.5 Å². The van der Waals surface area contributed by atoms with E-state index in [0.717, 1.165) is 12.1 Å². The molecule has 2 aromatic rings. The van der Waals surface area contributed by atoms with E-state index in [2.05, 4.69) is 17.5 Å². The van der Waals surface area contributed by atoms with E-state index in [9.17, 15) is 18.0 Å². The third kappa shape index (κ3) is 3.74. The molecule has 3 rings (SSSR count). The van der Waals surface area contributed by atoms with Gasteiger partial charge in [0.05, 0.1) is 10.9 Å². The Labute approximate surface area is 152 Å². The summed E-state index contributed by atoms with van der Waals surface area (Å²) in [6, 6.07) is 2.25. The predicted molar refractivity (Wildman–Crippen MR) is 94.0 cm³/mol. The van der Waals surface area contributed by atoms with Gasteiger partial charge in [0, 0.05) is 44.3 Å². The Morgan fingerprint density at radius 3 is 2.38 bits per heavy atom. The molecule has 0 saturated carbocycles. The van der Waals surface area contributed by atoms with Gasteiger partial charge in [-0.05, 0) is 19.1 Å². The Morgan fingerprint density at radius 2 is 1.85 bits per heavy atom. The molecule has 1 aromatic heterocycles. The van der Waals surface area contributed by atoms with E-state index >= 15 is 0 Å². The van der Waals surface area contributed by atoms with Gasteiger partial charge in [0.2, 0.25) is 5.95 Å². The summed E-state index contributed by atoms with van der Waals surface area (Å²) < 4.78 is 49.5. The van der Waals surface area contributed by atoms with Crippen LogP contribution in [0, 0.1) is 11.2 Å². The largest absolute Gasteiger partial charge is 0.342 e. The average Bonchev–Trinajstić information content (AvgIpc) is 2.60. The van der Waals surface area contributed by atoms with Crippen LogP contribution < -0.4 is 10.5 Å². The number of rotatable bonds is 2. The van der Waals surface area contributed by atoms with E-state index in [4.69, 9.17) is 9.62 Å². The van der Waals surface area contributed by atoms with Crippen LogP contribution in [0.1, 0.15) is 25.3 Å². The second-order valence-electron chi connectivity index (χ2n) is 6.09. The highest BCUT2D eigenvalue weighted by atomic mass is 32.1. The van der Waals surface area contributed by atoms with Crippen molar-refractivity contribution in [1.29, 1.82) is 5.41 Å². The molecule has 6 nitrogen and oxygen atoms in total. The second kappa shape index (κ2) is 7.48. The van der Waals surface area contributed by atoms with Gasteiger partial charge in [-0.25, -0.2) is 18.2 Å². The molecule has 0 unspecified atom stereocenters. The number of piperidine rings is 1. The fourth-order valence-electron chi connectivity index (χ4n) is 2.93. The number of aromatic nitrogens is 2. The average molecular weight is 386 g/mol. The highest BCUT2D eigenvalue weighted by molar-refractivity contribution is 7.44. The Bertz CT molecular complexity index is 906. The van der Waals surface area contributed by atoms with Crippen molar-refractivity contribution < 1.29 is 17.4 Å². The van der Waals surface area contributed by atoms with Crippen molar-refractivity contribution in [3.63, 3.8) is 0 Å². The quantitative estimate of drug-likeness (QED) is 0.802. The third-order valence-electron chi connectivity index (χ3n) is 4.30. The van der Waals surface area contributed by atoms with E-state index < -0.39 is 17.3 Å². The summed E-state index contributed by atoms with van der Waals surface area (Å²) in [5, 5.41) is 7.85. The fraction of sp³-hybridized carbons (Fsp3) is 0.438. The summed E-state index contributed by atoms with van der Waals surface area (Å²) in [5.41, 5.74) is 0.0661. The smallest absolute Gasteiger partial charge is 0.262 e. The minimum absolute atomic E-state index is 0.0742. The zero-order valence-corrected chi connectivity index (χ0v) is 15.0. The van der Waals surface area contributed by atoms with E-state index in [1.165, 1.54) is 18.5 Å². The number of benzene rings is 1. The molecule has 1 fully saturated rings. The first-order valence-corrected chi connectivity index (χ1v) is 8.08. The number of hydrogen-bond acceptors (Lipinski definition) is 6. The van der Waals surface area contributed by atoms with Crippen molar-refractivity contribution in [2.45, 2.75) is 25.7 Å². The van der Waals surface area contributed by atoms with Crippen molar-refractivity contribution in [1.82, 2.24) is 9.55 Å². The first-order valence-electron chi connectivity index (χ1n) is 7.75. The lowest BCUT2D eigenvalue weighted by Crippen LogP contribution is -2.42. The maximum atomic E-state index is 13.7. The van der Waals surface area contributed by atoms with Gasteiger partial charge in [0.1, 0.15) is 5.82 Å². The molecular formula is C16H17F3N4O2S. The lowest BCUT2D eigenvalue weighted by atomic mass is 10.1. The normalized spacial score (nSPS) is 16.1. The molecule has 0 atom stereocenters. The molecule has 0 radical (unpaired) electrons. The zero-order valence-electron chi connectivity index (χ0n) is 14.2. The van der Waals surface area contributed by atoms with Crippen LogP contribution in [-0.2, 0) is 19.6 Å². The van der Waals surface area contributed by atoms with Gasteiger partial charge in [-0.3, -0.25) is 9.36 Å². The number of nitrogens with zero attached hydrogens (tertiary/aromatic N) is 3. The standard InChI is InChI=1S/C16H17F3N4O.OS/c1-9(20)11-7-10(17)8-12-13(11)21-15(22(2)14(12)24)23-5-3-16(18,19)4-6-23;1-2/h7-8,20H,3-6H2,1-2H3;. The molecule has 1 saturated heterocycles. The molecule has 10 heteroatoms. The lowest BCUT2D eigenvalue weighted by Gasteiger charge is -2.33. The van der Waals surface area contributed by atoms with Crippen LogP contribution in [0.3, 0.4) is 0 Å². The molecular weight excluding hydrogens is 369 g/mol. The van der Waals surface area contributed by atoms with Gasteiger partial charge in [-0.2, -0.15) is 4.21 Å². The summed E-state index contributed by atoms with van der Waals surface area (Å²) in [5.74, 6) is -3.06. The fourth-order valence-corrected chi connectivity index (χ4v) is 2.93. The van der Waals surface area contributed by atoms with Crippen molar-refractivity contribution in [3.05, 3.63) is 33.9 Å². The van der Waals surface area contributed by atoms with Crippen LogP contribution in [0.4, 0.5) is 19.1 Å². The minimum atomic E-state index is -2.70. The van der Waals surface area contributed by atoms with Crippen LogP contribution in [0.25, 0.3) is 10.9 Å². The number of hydrogen-bond donors (Lipinski definition) is 1. The number of alkyl halides is 2. The molecule has 0 aliphatic carbocycles. The predicted octanol–water partition coefficient (Wildman–Crippen LogP) is 2.36. The summed E-state index contributed by atoms with van der Waals surface area (Å²) >= 11 is 2.83. The number of nitrogens with one attached hydrogen (secondary N) is 1. The SMILES string of the molecule is CC(=N)c1cc(F)cc2c(=O)n(C)c(N3CCC(F)(F)CC3)nc12.O=S. The summed E-state index contributed by atoms with van der Waals surface area (Å²) in [6.45, 7) is 1.65. The minimum Gasteiger partial charge on any atom is -0.342 e. The maximum Gasteiger partial charge on any atom is 0.262 e. The van der Waals surface area contributed by atoms with Gasteiger partial charge >= 0.3 is 0 Å². The van der Waals surface area contributed by atoms with E-state index in [1.54, 1.807) is 4.90 Å². The van der Waals surface area contributed by atoms with Crippen LogP contribution in [-0.4, -0.2) is 38.5 Å². The maximum absolute atomic E-state index is 13.7. The number of halogens is 3. The van der Waals surface area contributed by atoms with Crippen LogP contribution in [0.15, 0.2) is 16.9 Å². The van der Waals surface area contributed by atoms with Crippen LogP contribution >= 0.6 is 0 Å². The first-order chi connectivity index (χ1) is 12.2. The van der Waals surface area contributed by atoms with E-state index in [-0.39, 0.29) is 54.1 Å². The third-order valence-corrected chi connectivity index (χ3v) is 4.30. The summed E-state index contributed by atoms with van der Waals surface area (Å²) in [7, 11) is 1.48. The zero-order chi connectivity index (χ0) is 19.6. The van der Waals surface area contributed by atoms with E-state index in [1.807, 2.05) is 0 Å². The number of anilines is 1. The molecule has 26 heavy (non-hydrogen) atoms. The highest BCUT2D eigenvalue weighted by Crippen LogP contribution is 2.30. The Morgan fingerprint density at radius 1 is 1.27 bits per heavy atom. The molecule has 0 amide bonds.